The van der Waals surface area contributed by atoms with Crippen LogP contribution in [0.2, 0.25) is 0 Å². The van der Waals surface area contributed by atoms with Crippen LogP contribution >= 0.6 is 43.2 Å². The Morgan fingerprint density at radius 3 is 2.53 bits per heavy atom. The van der Waals surface area contributed by atoms with Gasteiger partial charge in [-0.3, -0.25) is 0 Å². The monoisotopic (exact) mass is 373 g/mol. The maximum absolute atomic E-state index is 3.55. The molecule has 17 heavy (non-hydrogen) atoms. The van der Waals surface area contributed by atoms with Crippen molar-refractivity contribution in [2.24, 2.45) is 0 Å². The molecule has 0 saturated carbocycles. The molecule has 0 unspecified atom stereocenters. The highest BCUT2D eigenvalue weighted by atomic mass is 79.9. The standard InChI is InChI=1S/C13H13Br2NS/c1-2-10-4-5-11(17-10)8-16-13-6-3-9(14)7-12(13)15/h3-7,16H,2,8H2,1H3. The predicted molar refractivity (Wildman–Crippen MR) is 82.9 cm³/mol. The number of thiophene rings is 1. The molecule has 1 N–H and O–H groups in total. The SMILES string of the molecule is CCc1ccc(CNc2ccc(Br)cc2Br)s1. The molecule has 0 saturated heterocycles. The van der Waals surface area contributed by atoms with Crippen LogP contribution in [0.4, 0.5) is 5.69 Å². The first-order valence-corrected chi connectivity index (χ1v) is 7.86. The average Bonchev–Trinajstić information content (AvgIpc) is 2.76. The molecule has 1 heterocycles. The molecular weight excluding hydrogens is 362 g/mol. The normalized spacial score (nSPS) is 10.5. The van der Waals surface area contributed by atoms with Crippen molar-refractivity contribution in [3.05, 3.63) is 49.0 Å². The van der Waals surface area contributed by atoms with Crippen LogP contribution in [0.5, 0.6) is 0 Å². The van der Waals surface area contributed by atoms with E-state index in [-0.39, 0.29) is 0 Å². The van der Waals surface area contributed by atoms with E-state index in [1.807, 2.05) is 23.5 Å². The first-order valence-electron chi connectivity index (χ1n) is 5.45. The fourth-order valence-electron chi connectivity index (χ4n) is 1.52. The zero-order valence-electron chi connectivity index (χ0n) is 9.47. The second-order valence-corrected chi connectivity index (χ2v) is 6.72. The Kier molecular flexibility index (Phi) is 4.65. The van der Waals surface area contributed by atoms with Crippen molar-refractivity contribution in [3.8, 4) is 0 Å². The largest absolute Gasteiger partial charge is 0.379 e. The van der Waals surface area contributed by atoms with Gasteiger partial charge in [0.05, 0.1) is 0 Å². The fraction of sp³-hybridized carbons (Fsp3) is 0.231. The summed E-state index contributed by atoms with van der Waals surface area (Å²) in [5.74, 6) is 0. The quantitative estimate of drug-likeness (QED) is 0.750. The van der Waals surface area contributed by atoms with Crippen LogP contribution in [-0.2, 0) is 13.0 Å². The summed E-state index contributed by atoms with van der Waals surface area (Å²) in [5, 5.41) is 3.44. The second-order valence-electron chi connectivity index (χ2n) is 3.70. The van der Waals surface area contributed by atoms with E-state index in [1.54, 1.807) is 0 Å². The summed E-state index contributed by atoms with van der Waals surface area (Å²) in [6, 6.07) is 10.6. The number of hydrogen-bond acceptors (Lipinski definition) is 2. The number of benzene rings is 1. The van der Waals surface area contributed by atoms with E-state index in [1.165, 1.54) is 9.75 Å². The molecule has 1 nitrogen and oxygen atoms in total. The van der Waals surface area contributed by atoms with E-state index in [0.717, 1.165) is 27.6 Å². The van der Waals surface area contributed by atoms with E-state index in [9.17, 15) is 0 Å². The van der Waals surface area contributed by atoms with Crippen LogP contribution < -0.4 is 5.32 Å². The molecule has 2 rings (SSSR count). The van der Waals surface area contributed by atoms with Crippen molar-refractivity contribution in [1.82, 2.24) is 0 Å². The van der Waals surface area contributed by atoms with Gasteiger partial charge in [-0.1, -0.05) is 22.9 Å². The molecule has 0 bridgehead atoms. The molecule has 0 spiro atoms. The van der Waals surface area contributed by atoms with Gasteiger partial charge in [-0.25, -0.2) is 0 Å². The molecule has 0 radical (unpaired) electrons. The third-order valence-corrected chi connectivity index (χ3v) is 4.83. The molecule has 90 valence electrons. The molecule has 0 amide bonds. The number of hydrogen-bond donors (Lipinski definition) is 1. The van der Waals surface area contributed by atoms with Gasteiger partial charge in [0.15, 0.2) is 0 Å². The minimum atomic E-state index is 0.880. The molecule has 4 heteroatoms. The summed E-state index contributed by atoms with van der Waals surface area (Å²) in [4.78, 5) is 2.81. The van der Waals surface area contributed by atoms with E-state index in [0.29, 0.717) is 0 Å². The summed E-state index contributed by atoms with van der Waals surface area (Å²) in [6.07, 6.45) is 1.12. The maximum Gasteiger partial charge on any atom is 0.0494 e. The number of aryl methyl sites for hydroxylation is 1. The third-order valence-electron chi connectivity index (χ3n) is 2.45. The van der Waals surface area contributed by atoms with Crippen molar-refractivity contribution in [2.75, 3.05) is 5.32 Å². The molecule has 1 aromatic carbocycles. The molecule has 1 aromatic heterocycles. The highest BCUT2D eigenvalue weighted by Gasteiger charge is 2.02. The van der Waals surface area contributed by atoms with Crippen LogP contribution in [0.1, 0.15) is 16.7 Å². The van der Waals surface area contributed by atoms with Gasteiger partial charge in [-0.05, 0) is 52.7 Å². The Morgan fingerprint density at radius 1 is 1.12 bits per heavy atom. The van der Waals surface area contributed by atoms with E-state index in [2.05, 4.69) is 62.3 Å². The van der Waals surface area contributed by atoms with Gasteiger partial charge in [0.2, 0.25) is 0 Å². The average molecular weight is 375 g/mol. The number of halogens is 2. The minimum absolute atomic E-state index is 0.880. The van der Waals surface area contributed by atoms with Crippen molar-refractivity contribution < 1.29 is 0 Å². The van der Waals surface area contributed by atoms with Crippen LogP contribution in [-0.4, -0.2) is 0 Å². The van der Waals surface area contributed by atoms with Gasteiger partial charge in [0, 0.05) is 30.9 Å². The summed E-state index contributed by atoms with van der Waals surface area (Å²) in [6.45, 7) is 3.07. The smallest absolute Gasteiger partial charge is 0.0494 e. The zero-order chi connectivity index (χ0) is 12.3. The number of rotatable bonds is 4. The van der Waals surface area contributed by atoms with Crippen LogP contribution in [0.3, 0.4) is 0 Å². The summed E-state index contributed by atoms with van der Waals surface area (Å²) in [5.41, 5.74) is 1.12. The highest BCUT2D eigenvalue weighted by molar-refractivity contribution is 9.11. The van der Waals surface area contributed by atoms with Crippen LogP contribution in [0.15, 0.2) is 39.3 Å². The fourth-order valence-corrected chi connectivity index (χ4v) is 3.61. The lowest BCUT2D eigenvalue weighted by molar-refractivity contribution is 1.18. The predicted octanol–water partition coefficient (Wildman–Crippen LogP) is 5.45. The molecule has 2 aromatic rings. The van der Waals surface area contributed by atoms with Gasteiger partial charge in [-0.15, -0.1) is 11.3 Å². The molecule has 0 aliphatic rings. The van der Waals surface area contributed by atoms with Crippen molar-refractivity contribution in [2.45, 2.75) is 19.9 Å². The Bertz CT molecular complexity index is 508. The summed E-state index contributed by atoms with van der Waals surface area (Å²) < 4.78 is 2.17. The Morgan fingerprint density at radius 2 is 1.88 bits per heavy atom. The van der Waals surface area contributed by atoms with Gasteiger partial charge in [0.1, 0.15) is 0 Å². The molecule has 0 aliphatic heterocycles. The third kappa shape index (κ3) is 3.57. The molecule has 0 fully saturated rings. The topological polar surface area (TPSA) is 12.0 Å². The van der Waals surface area contributed by atoms with Gasteiger partial charge in [0.25, 0.3) is 0 Å². The number of nitrogens with one attached hydrogen (secondary N) is 1. The van der Waals surface area contributed by atoms with Gasteiger partial charge < -0.3 is 5.32 Å². The van der Waals surface area contributed by atoms with Crippen molar-refractivity contribution in [1.29, 1.82) is 0 Å². The Labute approximate surface area is 123 Å². The summed E-state index contributed by atoms with van der Waals surface area (Å²) in [7, 11) is 0. The molecular formula is C13H13Br2NS. The Balaban J connectivity index is 2.02. The van der Waals surface area contributed by atoms with Crippen LogP contribution in [0.25, 0.3) is 0 Å². The number of anilines is 1. The van der Waals surface area contributed by atoms with Gasteiger partial charge in [-0.2, -0.15) is 0 Å². The second kappa shape index (κ2) is 6.03. The lowest BCUT2D eigenvalue weighted by atomic mass is 10.3. The van der Waals surface area contributed by atoms with Crippen molar-refractivity contribution in [3.63, 3.8) is 0 Å². The zero-order valence-corrected chi connectivity index (χ0v) is 13.5. The summed E-state index contributed by atoms with van der Waals surface area (Å²) >= 11 is 8.87. The lowest BCUT2D eigenvalue weighted by Gasteiger charge is -2.07. The van der Waals surface area contributed by atoms with Crippen LogP contribution in [0, 0.1) is 0 Å². The first-order chi connectivity index (χ1) is 8.19. The first kappa shape index (κ1) is 13.1. The minimum Gasteiger partial charge on any atom is -0.379 e. The Hall–Kier alpha value is -0.320. The van der Waals surface area contributed by atoms with E-state index in [4.69, 9.17) is 0 Å². The lowest BCUT2D eigenvalue weighted by Crippen LogP contribution is -1.97. The van der Waals surface area contributed by atoms with Gasteiger partial charge >= 0.3 is 0 Å². The maximum atomic E-state index is 3.55. The molecule has 0 aliphatic carbocycles. The van der Waals surface area contributed by atoms with Crippen molar-refractivity contribution >= 4 is 48.9 Å². The highest BCUT2D eigenvalue weighted by Crippen LogP contribution is 2.27. The van der Waals surface area contributed by atoms with E-state index < -0.39 is 0 Å². The van der Waals surface area contributed by atoms with E-state index >= 15 is 0 Å². The molecule has 0 atom stereocenters.